The molecule has 0 unspecified atom stereocenters. The number of hydrogen-bond acceptors (Lipinski definition) is 3. The lowest BCUT2D eigenvalue weighted by Crippen LogP contribution is -2.13. The molecule has 0 fully saturated rings. The summed E-state index contributed by atoms with van der Waals surface area (Å²) in [5.74, 6) is -1.62. The molecular weight excluding hydrogens is 287 g/mol. The fourth-order valence-electron chi connectivity index (χ4n) is 1.83. The fraction of sp³-hybridized carbons (Fsp3) is 0.231. The first-order valence-electron chi connectivity index (χ1n) is 5.94. The highest BCUT2D eigenvalue weighted by Crippen LogP contribution is 2.33. The predicted octanol–water partition coefficient (Wildman–Crippen LogP) is 2.75. The van der Waals surface area contributed by atoms with Crippen molar-refractivity contribution in [2.24, 2.45) is 7.05 Å². The van der Waals surface area contributed by atoms with E-state index in [1.54, 1.807) is 24.0 Å². The lowest BCUT2D eigenvalue weighted by molar-refractivity contribution is -0.138. The highest BCUT2D eigenvalue weighted by atomic mass is 19.4. The number of carbonyl (C=O) groups is 1. The highest BCUT2D eigenvalue weighted by molar-refractivity contribution is 5.91. The van der Waals surface area contributed by atoms with Crippen molar-refractivity contribution in [1.82, 2.24) is 9.78 Å². The molecule has 1 heterocycles. The van der Waals surface area contributed by atoms with Gasteiger partial charge in [0.05, 0.1) is 23.4 Å². The number of benzene rings is 1. The quantitative estimate of drug-likeness (QED) is 0.911. The van der Waals surface area contributed by atoms with Crippen molar-refractivity contribution >= 4 is 11.7 Å². The van der Waals surface area contributed by atoms with Gasteiger partial charge in [-0.05, 0) is 24.3 Å². The summed E-state index contributed by atoms with van der Waals surface area (Å²) in [7, 11) is 1.74. The van der Waals surface area contributed by atoms with E-state index in [4.69, 9.17) is 5.11 Å². The van der Waals surface area contributed by atoms with Gasteiger partial charge < -0.3 is 10.4 Å². The second-order valence-corrected chi connectivity index (χ2v) is 4.40. The summed E-state index contributed by atoms with van der Waals surface area (Å²) < 4.78 is 39.7. The molecule has 0 amide bonds. The Hall–Kier alpha value is -2.51. The largest absolute Gasteiger partial charge is 0.478 e. The first kappa shape index (κ1) is 14.9. The molecule has 0 spiro atoms. The molecule has 21 heavy (non-hydrogen) atoms. The van der Waals surface area contributed by atoms with E-state index < -0.39 is 23.3 Å². The molecule has 1 aromatic heterocycles. The fourth-order valence-corrected chi connectivity index (χ4v) is 1.83. The SMILES string of the molecule is Cn1ccc(CNc2ccc(C(F)(F)F)c(C(=O)O)c2)n1. The minimum Gasteiger partial charge on any atom is -0.478 e. The monoisotopic (exact) mass is 299 g/mol. The Balaban J connectivity index is 2.22. The van der Waals surface area contributed by atoms with Crippen LogP contribution in [0, 0.1) is 0 Å². The zero-order valence-corrected chi connectivity index (χ0v) is 11.0. The number of carboxylic acids is 1. The van der Waals surface area contributed by atoms with Gasteiger partial charge in [-0.25, -0.2) is 4.79 Å². The Labute approximate surface area is 118 Å². The molecule has 0 saturated carbocycles. The first-order chi connectivity index (χ1) is 9.77. The topological polar surface area (TPSA) is 67.2 Å². The molecule has 5 nitrogen and oxygen atoms in total. The van der Waals surface area contributed by atoms with E-state index in [-0.39, 0.29) is 12.2 Å². The van der Waals surface area contributed by atoms with Gasteiger partial charge in [-0.3, -0.25) is 4.68 Å². The minimum atomic E-state index is -4.70. The summed E-state index contributed by atoms with van der Waals surface area (Å²) in [4.78, 5) is 11.0. The van der Waals surface area contributed by atoms with Crippen LogP contribution < -0.4 is 5.32 Å². The van der Waals surface area contributed by atoms with E-state index in [1.165, 1.54) is 6.07 Å². The Morgan fingerprint density at radius 1 is 1.38 bits per heavy atom. The van der Waals surface area contributed by atoms with Crippen LogP contribution in [0.4, 0.5) is 18.9 Å². The molecule has 0 bridgehead atoms. The van der Waals surface area contributed by atoms with Gasteiger partial charge in [0.15, 0.2) is 0 Å². The number of rotatable bonds is 4. The number of anilines is 1. The number of aromatic carboxylic acids is 1. The second-order valence-electron chi connectivity index (χ2n) is 4.40. The Kier molecular flexibility index (Phi) is 3.88. The maximum Gasteiger partial charge on any atom is 0.417 e. The molecule has 112 valence electrons. The van der Waals surface area contributed by atoms with Crippen LogP contribution in [-0.2, 0) is 19.8 Å². The van der Waals surface area contributed by atoms with Crippen LogP contribution in [0.3, 0.4) is 0 Å². The van der Waals surface area contributed by atoms with Gasteiger partial charge in [0.1, 0.15) is 0 Å². The average molecular weight is 299 g/mol. The molecule has 2 aromatic rings. The zero-order valence-electron chi connectivity index (χ0n) is 11.0. The number of nitrogens with zero attached hydrogens (tertiary/aromatic N) is 2. The van der Waals surface area contributed by atoms with Gasteiger partial charge >= 0.3 is 12.1 Å². The van der Waals surface area contributed by atoms with Gasteiger partial charge in [0, 0.05) is 18.9 Å². The van der Waals surface area contributed by atoms with E-state index in [2.05, 4.69) is 10.4 Å². The van der Waals surface area contributed by atoms with E-state index in [0.717, 1.165) is 12.1 Å². The van der Waals surface area contributed by atoms with Gasteiger partial charge in [-0.2, -0.15) is 18.3 Å². The maximum atomic E-state index is 12.7. The van der Waals surface area contributed by atoms with E-state index in [0.29, 0.717) is 5.69 Å². The van der Waals surface area contributed by atoms with Crippen LogP contribution in [0.2, 0.25) is 0 Å². The third-order valence-corrected chi connectivity index (χ3v) is 2.80. The summed E-state index contributed by atoms with van der Waals surface area (Å²) >= 11 is 0. The highest BCUT2D eigenvalue weighted by Gasteiger charge is 2.35. The number of alkyl halides is 3. The van der Waals surface area contributed by atoms with Crippen LogP contribution in [0.1, 0.15) is 21.6 Å². The summed E-state index contributed by atoms with van der Waals surface area (Å²) in [6.07, 6.45) is -2.97. The average Bonchev–Trinajstić information content (AvgIpc) is 2.80. The minimum absolute atomic E-state index is 0.283. The number of carboxylic acid groups (broad SMARTS) is 1. The van der Waals surface area contributed by atoms with Crippen molar-refractivity contribution in [2.75, 3.05) is 5.32 Å². The third-order valence-electron chi connectivity index (χ3n) is 2.80. The zero-order chi connectivity index (χ0) is 15.6. The number of halogens is 3. The second kappa shape index (κ2) is 5.47. The van der Waals surface area contributed by atoms with Gasteiger partial charge in [-0.1, -0.05) is 0 Å². The van der Waals surface area contributed by atoms with Crippen molar-refractivity contribution in [2.45, 2.75) is 12.7 Å². The Morgan fingerprint density at radius 2 is 2.10 bits per heavy atom. The summed E-state index contributed by atoms with van der Waals surface area (Å²) in [5, 5.41) is 15.8. The summed E-state index contributed by atoms with van der Waals surface area (Å²) in [6.45, 7) is 0.283. The molecule has 0 radical (unpaired) electrons. The normalized spacial score (nSPS) is 11.4. The van der Waals surface area contributed by atoms with Crippen molar-refractivity contribution in [3.8, 4) is 0 Å². The molecule has 0 aliphatic rings. The number of hydrogen-bond donors (Lipinski definition) is 2. The van der Waals surface area contributed by atoms with Crippen molar-refractivity contribution in [1.29, 1.82) is 0 Å². The van der Waals surface area contributed by atoms with Crippen molar-refractivity contribution < 1.29 is 23.1 Å². The van der Waals surface area contributed by atoms with Crippen molar-refractivity contribution in [3.05, 3.63) is 47.3 Å². The maximum absolute atomic E-state index is 12.7. The number of nitrogens with one attached hydrogen (secondary N) is 1. The molecule has 0 aliphatic heterocycles. The number of aryl methyl sites for hydroxylation is 1. The standard InChI is InChI=1S/C13H12F3N3O2/c1-19-5-4-9(18-19)7-17-8-2-3-11(13(14,15)16)10(6-8)12(20)21/h2-6,17H,7H2,1H3,(H,20,21). The number of aromatic nitrogens is 2. The molecule has 2 rings (SSSR count). The van der Waals surface area contributed by atoms with Crippen LogP contribution in [0.25, 0.3) is 0 Å². The van der Waals surface area contributed by atoms with E-state index in [9.17, 15) is 18.0 Å². The van der Waals surface area contributed by atoms with E-state index >= 15 is 0 Å². The van der Waals surface area contributed by atoms with Gasteiger partial charge in [-0.15, -0.1) is 0 Å². The summed E-state index contributed by atoms with van der Waals surface area (Å²) in [5.41, 5.74) is -0.979. The predicted molar refractivity (Wildman–Crippen MR) is 68.9 cm³/mol. The van der Waals surface area contributed by atoms with Crippen LogP contribution in [0.15, 0.2) is 30.5 Å². The van der Waals surface area contributed by atoms with Gasteiger partial charge in [0.25, 0.3) is 0 Å². The Bertz CT molecular complexity index is 665. The Morgan fingerprint density at radius 3 is 2.62 bits per heavy atom. The first-order valence-corrected chi connectivity index (χ1v) is 5.94. The molecule has 0 saturated heterocycles. The molecule has 8 heteroatoms. The third kappa shape index (κ3) is 3.53. The van der Waals surface area contributed by atoms with Crippen molar-refractivity contribution in [3.63, 3.8) is 0 Å². The molecule has 2 N–H and O–H groups in total. The van der Waals surface area contributed by atoms with Gasteiger partial charge in [0.2, 0.25) is 0 Å². The molecule has 1 aromatic carbocycles. The summed E-state index contributed by atoms with van der Waals surface area (Å²) in [6, 6.07) is 4.66. The van der Waals surface area contributed by atoms with Crippen LogP contribution in [-0.4, -0.2) is 20.9 Å². The lowest BCUT2D eigenvalue weighted by Gasteiger charge is -2.12. The molecule has 0 aliphatic carbocycles. The lowest BCUT2D eigenvalue weighted by atomic mass is 10.1. The van der Waals surface area contributed by atoms with E-state index in [1.807, 2.05) is 0 Å². The smallest absolute Gasteiger partial charge is 0.417 e. The van der Waals surface area contributed by atoms with Crippen LogP contribution >= 0.6 is 0 Å². The molecular formula is C13H12F3N3O2. The molecule has 0 atom stereocenters. The van der Waals surface area contributed by atoms with Crippen LogP contribution in [0.5, 0.6) is 0 Å².